The lowest BCUT2D eigenvalue weighted by molar-refractivity contribution is 0.0695. The van der Waals surface area contributed by atoms with E-state index in [4.69, 9.17) is 9.52 Å². The number of aromatic hydroxyl groups is 2. The molecule has 0 aliphatic heterocycles. The van der Waals surface area contributed by atoms with E-state index in [9.17, 15) is 19.8 Å². The van der Waals surface area contributed by atoms with Crippen LogP contribution in [-0.2, 0) is 0 Å². The number of carbonyl (C=O) groups is 1. The Bertz CT molecular complexity index is 682. The van der Waals surface area contributed by atoms with Crippen molar-refractivity contribution in [3.63, 3.8) is 0 Å². The maximum absolute atomic E-state index is 11.8. The van der Waals surface area contributed by atoms with E-state index in [0.29, 0.717) is 0 Å². The van der Waals surface area contributed by atoms with Gasteiger partial charge in [-0.3, -0.25) is 4.79 Å². The first-order valence-electron chi connectivity index (χ1n) is 4.63. The molecular weight excluding hydrogens is 228 g/mol. The normalized spacial score (nSPS) is 10.6. The van der Waals surface area contributed by atoms with Gasteiger partial charge < -0.3 is 19.7 Å². The van der Waals surface area contributed by atoms with Gasteiger partial charge in [0.25, 0.3) is 0 Å². The van der Waals surface area contributed by atoms with Crippen molar-refractivity contribution in [1.82, 2.24) is 0 Å². The largest absolute Gasteiger partial charge is 0.504 e. The summed E-state index contributed by atoms with van der Waals surface area (Å²) in [6.45, 7) is 1.46. The van der Waals surface area contributed by atoms with Crippen molar-refractivity contribution in [2.24, 2.45) is 0 Å². The van der Waals surface area contributed by atoms with Gasteiger partial charge in [0.15, 0.2) is 16.9 Å². The summed E-state index contributed by atoms with van der Waals surface area (Å²) >= 11 is 0. The fraction of sp³-hybridized carbons (Fsp3) is 0.0909. The van der Waals surface area contributed by atoms with Gasteiger partial charge in [0, 0.05) is 11.6 Å². The topological polar surface area (TPSA) is 108 Å². The highest BCUT2D eigenvalue weighted by Gasteiger charge is 2.22. The molecule has 0 aliphatic rings. The number of phenolic OH excluding ortho intramolecular Hbond substituents is 1. The first kappa shape index (κ1) is 11.0. The second-order valence-electron chi connectivity index (χ2n) is 3.55. The van der Waals surface area contributed by atoms with Gasteiger partial charge in [-0.05, 0) is 6.92 Å². The van der Waals surface area contributed by atoms with E-state index in [2.05, 4.69) is 0 Å². The first-order valence-corrected chi connectivity index (χ1v) is 4.63. The minimum atomic E-state index is -1.51. The average Bonchev–Trinajstić information content (AvgIpc) is 2.26. The number of fused-ring (bicyclic) bond motifs is 1. The van der Waals surface area contributed by atoms with Crippen LogP contribution >= 0.6 is 0 Å². The number of hydrogen-bond acceptors (Lipinski definition) is 5. The van der Waals surface area contributed by atoms with Crippen molar-refractivity contribution in [2.45, 2.75) is 6.92 Å². The number of hydrogen-bond donors (Lipinski definition) is 3. The average molecular weight is 236 g/mol. The smallest absolute Gasteiger partial charge is 0.340 e. The van der Waals surface area contributed by atoms with Crippen LogP contribution in [0.15, 0.2) is 21.5 Å². The van der Waals surface area contributed by atoms with Crippen LogP contribution in [0.2, 0.25) is 0 Å². The third-order valence-corrected chi connectivity index (χ3v) is 2.41. The molecule has 6 heteroatoms. The zero-order valence-corrected chi connectivity index (χ0v) is 8.72. The van der Waals surface area contributed by atoms with Crippen LogP contribution in [0.3, 0.4) is 0 Å². The molecule has 0 saturated heterocycles. The fourth-order valence-corrected chi connectivity index (χ4v) is 1.56. The first-order chi connectivity index (χ1) is 7.93. The molecular formula is C11H8O6. The van der Waals surface area contributed by atoms with E-state index < -0.39 is 28.5 Å². The maximum Gasteiger partial charge on any atom is 0.340 e. The molecule has 2 aromatic rings. The van der Waals surface area contributed by atoms with Gasteiger partial charge in [-0.15, -0.1) is 0 Å². The highest BCUT2D eigenvalue weighted by atomic mass is 16.4. The molecule has 0 atom stereocenters. The van der Waals surface area contributed by atoms with Gasteiger partial charge in [0.2, 0.25) is 0 Å². The summed E-state index contributed by atoms with van der Waals surface area (Å²) in [7, 11) is 0. The van der Waals surface area contributed by atoms with Gasteiger partial charge in [-0.25, -0.2) is 4.79 Å². The Balaban J connectivity index is 3.12. The molecule has 1 aromatic carbocycles. The Morgan fingerprint density at radius 2 is 2.00 bits per heavy atom. The molecule has 0 unspecified atom stereocenters. The summed E-state index contributed by atoms with van der Waals surface area (Å²) in [5, 5.41) is 27.5. The van der Waals surface area contributed by atoms with E-state index in [-0.39, 0.29) is 16.5 Å². The van der Waals surface area contributed by atoms with E-state index in [0.717, 1.165) is 12.3 Å². The SMILES string of the molecule is Cc1coc2cc(O)c(O)c(C(=O)O)c2c1=O. The quantitative estimate of drug-likeness (QED) is 0.642. The molecule has 2 rings (SSSR count). The van der Waals surface area contributed by atoms with Gasteiger partial charge >= 0.3 is 5.97 Å². The minimum Gasteiger partial charge on any atom is -0.504 e. The fourth-order valence-electron chi connectivity index (χ4n) is 1.56. The summed E-state index contributed by atoms with van der Waals surface area (Å²) in [6, 6.07) is 0.998. The summed E-state index contributed by atoms with van der Waals surface area (Å²) in [4.78, 5) is 22.8. The number of benzene rings is 1. The predicted octanol–water partition coefficient (Wildman–Crippen LogP) is 1.21. The second kappa shape index (κ2) is 3.51. The maximum atomic E-state index is 11.8. The third kappa shape index (κ3) is 1.50. The summed E-state index contributed by atoms with van der Waals surface area (Å²) in [6.07, 6.45) is 1.16. The number of carboxylic acids is 1. The Morgan fingerprint density at radius 1 is 1.35 bits per heavy atom. The minimum absolute atomic E-state index is 0.0895. The summed E-state index contributed by atoms with van der Waals surface area (Å²) in [5.41, 5.74) is -1.09. The van der Waals surface area contributed by atoms with Crippen LogP contribution in [0.5, 0.6) is 11.5 Å². The molecule has 88 valence electrons. The molecule has 1 heterocycles. The number of aromatic carboxylic acids is 1. The van der Waals surface area contributed by atoms with Crippen LogP contribution in [0, 0.1) is 6.92 Å². The van der Waals surface area contributed by atoms with Crippen LogP contribution in [0.1, 0.15) is 15.9 Å². The Kier molecular flexibility index (Phi) is 2.27. The molecule has 0 radical (unpaired) electrons. The molecule has 0 amide bonds. The van der Waals surface area contributed by atoms with Gasteiger partial charge in [-0.1, -0.05) is 0 Å². The highest BCUT2D eigenvalue weighted by molar-refractivity contribution is 6.05. The van der Waals surface area contributed by atoms with Crippen molar-refractivity contribution < 1.29 is 24.5 Å². The molecule has 3 N–H and O–H groups in total. The number of carboxylic acid groups (broad SMARTS) is 1. The van der Waals surface area contributed by atoms with Crippen LogP contribution in [-0.4, -0.2) is 21.3 Å². The van der Waals surface area contributed by atoms with E-state index >= 15 is 0 Å². The van der Waals surface area contributed by atoms with Gasteiger partial charge in [-0.2, -0.15) is 0 Å². The summed E-state index contributed by atoms with van der Waals surface area (Å²) in [5.74, 6) is -3.01. The van der Waals surface area contributed by atoms with Crippen molar-refractivity contribution in [2.75, 3.05) is 0 Å². The Morgan fingerprint density at radius 3 is 2.59 bits per heavy atom. The van der Waals surface area contributed by atoms with Crippen molar-refractivity contribution in [3.05, 3.63) is 33.7 Å². The highest BCUT2D eigenvalue weighted by Crippen LogP contribution is 2.34. The van der Waals surface area contributed by atoms with Crippen molar-refractivity contribution in [1.29, 1.82) is 0 Å². The molecule has 0 aliphatic carbocycles. The lowest BCUT2D eigenvalue weighted by Crippen LogP contribution is -2.10. The van der Waals surface area contributed by atoms with Crippen molar-refractivity contribution in [3.8, 4) is 11.5 Å². The van der Waals surface area contributed by atoms with Crippen molar-refractivity contribution >= 4 is 16.9 Å². The number of aryl methyl sites for hydroxylation is 1. The summed E-state index contributed by atoms with van der Waals surface area (Å²) < 4.78 is 5.02. The molecule has 17 heavy (non-hydrogen) atoms. The molecule has 1 aromatic heterocycles. The molecule has 0 bridgehead atoms. The number of rotatable bonds is 1. The van der Waals surface area contributed by atoms with Crippen LogP contribution in [0.4, 0.5) is 0 Å². The van der Waals surface area contributed by atoms with E-state index in [1.165, 1.54) is 6.92 Å². The van der Waals surface area contributed by atoms with E-state index in [1.54, 1.807) is 0 Å². The van der Waals surface area contributed by atoms with E-state index in [1.807, 2.05) is 0 Å². The standard InChI is InChI=1S/C11H8O6/c1-4-3-17-6-2-5(12)10(14)8(11(15)16)7(6)9(4)13/h2-3,12,14H,1H3,(H,15,16). The van der Waals surface area contributed by atoms with Crippen LogP contribution in [0.25, 0.3) is 11.0 Å². The van der Waals surface area contributed by atoms with Gasteiger partial charge in [0.05, 0.1) is 11.6 Å². The molecule has 0 fully saturated rings. The second-order valence-corrected chi connectivity index (χ2v) is 3.55. The Hall–Kier alpha value is -2.50. The van der Waals surface area contributed by atoms with Gasteiger partial charge in [0.1, 0.15) is 11.1 Å². The Labute approximate surface area is 94.4 Å². The molecule has 6 nitrogen and oxygen atoms in total. The lowest BCUT2D eigenvalue weighted by atomic mass is 10.1. The monoisotopic (exact) mass is 236 g/mol. The zero-order valence-electron chi connectivity index (χ0n) is 8.72. The zero-order chi connectivity index (χ0) is 12.7. The third-order valence-electron chi connectivity index (χ3n) is 2.41. The lowest BCUT2D eigenvalue weighted by Gasteiger charge is -2.06. The van der Waals surface area contributed by atoms with Crippen LogP contribution < -0.4 is 5.43 Å². The molecule has 0 saturated carbocycles. The molecule has 0 spiro atoms. The number of phenols is 2. The predicted molar refractivity (Wildman–Crippen MR) is 57.5 cm³/mol.